The molecule has 0 spiro atoms. The van der Waals surface area contributed by atoms with Crippen LogP contribution in [0, 0.1) is 11.3 Å². The van der Waals surface area contributed by atoms with Gasteiger partial charge in [-0.3, -0.25) is 4.31 Å². The van der Waals surface area contributed by atoms with E-state index < -0.39 is 10.0 Å². The molecule has 0 fully saturated rings. The van der Waals surface area contributed by atoms with Gasteiger partial charge in [-0.1, -0.05) is 18.2 Å². The molecular formula is C15H15N3O2S. The number of nitriles is 1. The third-order valence-electron chi connectivity index (χ3n) is 2.94. The molecule has 0 heterocycles. The minimum Gasteiger partial charge on any atom is -0.399 e. The fourth-order valence-corrected chi connectivity index (χ4v) is 3.37. The van der Waals surface area contributed by atoms with Crippen LogP contribution in [0.25, 0.3) is 0 Å². The van der Waals surface area contributed by atoms with Crippen LogP contribution in [0.2, 0.25) is 0 Å². The molecule has 108 valence electrons. The van der Waals surface area contributed by atoms with Crippen LogP contribution in [-0.4, -0.2) is 15.0 Å². The van der Waals surface area contributed by atoms with Crippen LogP contribution < -0.4 is 10.0 Å². The molecule has 0 radical (unpaired) electrons. The molecule has 0 atom stereocenters. The van der Waals surface area contributed by atoms with Gasteiger partial charge in [-0.05, 0) is 36.4 Å². The van der Waals surface area contributed by atoms with Crippen LogP contribution in [0.4, 0.5) is 11.4 Å². The fraction of sp³-hybridized carbons (Fsp3) is 0.133. The van der Waals surface area contributed by atoms with Crippen molar-refractivity contribution in [2.45, 2.75) is 11.3 Å². The number of para-hydroxylation sites is 1. The van der Waals surface area contributed by atoms with Crippen LogP contribution in [0.3, 0.4) is 0 Å². The Balaban J connectivity index is 2.45. The number of rotatable bonds is 5. The van der Waals surface area contributed by atoms with Crippen LogP contribution >= 0.6 is 0 Å². The Hall–Kier alpha value is -2.52. The topological polar surface area (TPSA) is 87.2 Å². The van der Waals surface area contributed by atoms with Crippen molar-refractivity contribution >= 4 is 21.4 Å². The third-order valence-corrected chi connectivity index (χ3v) is 4.78. The Morgan fingerprint density at radius 1 is 1.05 bits per heavy atom. The molecule has 2 N–H and O–H groups in total. The molecule has 0 bridgehead atoms. The van der Waals surface area contributed by atoms with Crippen molar-refractivity contribution in [2.75, 3.05) is 16.6 Å². The molecule has 0 aliphatic carbocycles. The standard InChI is InChI=1S/C15H15N3O2S/c16-11-4-12-18(14-5-2-1-3-6-14)21(19,20)15-9-7-13(17)8-10-15/h1-3,5-10H,4,12,17H2. The highest BCUT2D eigenvalue weighted by molar-refractivity contribution is 7.92. The molecule has 2 aromatic carbocycles. The highest BCUT2D eigenvalue weighted by Crippen LogP contribution is 2.24. The number of sulfonamides is 1. The monoisotopic (exact) mass is 301 g/mol. The molecule has 6 heteroatoms. The quantitative estimate of drug-likeness (QED) is 0.859. The summed E-state index contributed by atoms with van der Waals surface area (Å²) in [5.74, 6) is 0. The van der Waals surface area contributed by atoms with E-state index in [1.165, 1.54) is 16.4 Å². The van der Waals surface area contributed by atoms with Crippen LogP contribution in [0.15, 0.2) is 59.5 Å². The van der Waals surface area contributed by atoms with E-state index in [4.69, 9.17) is 11.0 Å². The molecule has 0 aliphatic heterocycles. The number of nitrogen functional groups attached to an aromatic ring is 1. The molecule has 2 aromatic rings. The van der Waals surface area contributed by atoms with Crippen LogP contribution in [0.1, 0.15) is 6.42 Å². The third kappa shape index (κ3) is 3.33. The molecule has 21 heavy (non-hydrogen) atoms. The zero-order chi connectivity index (χ0) is 15.3. The Bertz CT molecular complexity index is 735. The predicted octanol–water partition coefficient (Wildman–Crippen LogP) is 2.38. The van der Waals surface area contributed by atoms with E-state index in [-0.39, 0.29) is 17.9 Å². The zero-order valence-electron chi connectivity index (χ0n) is 11.3. The lowest BCUT2D eigenvalue weighted by atomic mass is 10.3. The molecule has 0 amide bonds. The summed E-state index contributed by atoms with van der Waals surface area (Å²) >= 11 is 0. The van der Waals surface area contributed by atoms with Crippen molar-refractivity contribution in [1.29, 1.82) is 5.26 Å². The van der Waals surface area contributed by atoms with E-state index >= 15 is 0 Å². The van der Waals surface area contributed by atoms with E-state index in [0.717, 1.165) is 0 Å². The van der Waals surface area contributed by atoms with Gasteiger partial charge in [-0.25, -0.2) is 8.42 Å². The summed E-state index contributed by atoms with van der Waals surface area (Å²) < 4.78 is 26.7. The molecular weight excluding hydrogens is 286 g/mol. The lowest BCUT2D eigenvalue weighted by Gasteiger charge is -2.23. The largest absolute Gasteiger partial charge is 0.399 e. The maximum absolute atomic E-state index is 12.7. The van der Waals surface area contributed by atoms with Crippen molar-refractivity contribution in [2.24, 2.45) is 0 Å². The Labute approximate surface area is 124 Å². The molecule has 2 rings (SSSR count). The van der Waals surface area contributed by atoms with Gasteiger partial charge in [0.1, 0.15) is 0 Å². The summed E-state index contributed by atoms with van der Waals surface area (Å²) in [6.45, 7) is 0.104. The lowest BCUT2D eigenvalue weighted by Crippen LogP contribution is -2.31. The fourth-order valence-electron chi connectivity index (χ4n) is 1.90. The summed E-state index contributed by atoms with van der Waals surface area (Å²) in [5, 5.41) is 8.75. The summed E-state index contributed by atoms with van der Waals surface area (Å²) in [4.78, 5) is 0.151. The summed E-state index contributed by atoms with van der Waals surface area (Å²) in [7, 11) is -3.72. The van der Waals surface area contributed by atoms with Gasteiger partial charge in [0.05, 0.1) is 23.1 Å². The molecule has 5 nitrogen and oxygen atoms in total. The van der Waals surface area contributed by atoms with Gasteiger partial charge in [-0.2, -0.15) is 5.26 Å². The summed E-state index contributed by atoms with van der Waals surface area (Å²) in [5.41, 5.74) is 6.62. The Kier molecular flexibility index (Phi) is 4.45. The minimum atomic E-state index is -3.72. The number of benzene rings is 2. The first-order chi connectivity index (χ1) is 10.1. The number of hydrogen-bond acceptors (Lipinski definition) is 4. The number of nitrogens with two attached hydrogens (primary N) is 1. The van der Waals surface area contributed by atoms with Crippen molar-refractivity contribution in [1.82, 2.24) is 0 Å². The predicted molar refractivity (Wildman–Crippen MR) is 82.1 cm³/mol. The first-order valence-electron chi connectivity index (χ1n) is 6.36. The van der Waals surface area contributed by atoms with Crippen molar-refractivity contribution < 1.29 is 8.42 Å². The van der Waals surface area contributed by atoms with E-state index in [1.807, 2.05) is 12.1 Å². The normalized spacial score (nSPS) is 10.8. The van der Waals surface area contributed by atoms with Gasteiger partial charge in [-0.15, -0.1) is 0 Å². The number of anilines is 2. The molecule has 0 unspecified atom stereocenters. The first-order valence-corrected chi connectivity index (χ1v) is 7.80. The van der Waals surface area contributed by atoms with Gasteiger partial charge >= 0.3 is 0 Å². The average Bonchev–Trinajstić information content (AvgIpc) is 2.49. The van der Waals surface area contributed by atoms with E-state index in [0.29, 0.717) is 11.4 Å². The second-order valence-corrected chi connectivity index (χ2v) is 6.25. The highest BCUT2D eigenvalue weighted by atomic mass is 32.2. The number of hydrogen-bond donors (Lipinski definition) is 1. The zero-order valence-corrected chi connectivity index (χ0v) is 12.1. The van der Waals surface area contributed by atoms with Gasteiger partial charge in [0.2, 0.25) is 0 Å². The van der Waals surface area contributed by atoms with E-state index in [1.54, 1.807) is 36.4 Å². The highest BCUT2D eigenvalue weighted by Gasteiger charge is 2.24. The maximum Gasteiger partial charge on any atom is 0.264 e. The second-order valence-electron chi connectivity index (χ2n) is 4.39. The molecule has 0 aliphatic rings. The SMILES string of the molecule is N#CCCN(c1ccccc1)S(=O)(=O)c1ccc(N)cc1. The lowest BCUT2D eigenvalue weighted by molar-refractivity contribution is 0.591. The molecule has 0 saturated heterocycles. The van der Waals surface area contributed by atoms with Crippen molar-refractivity contribution in [3.63, 3.8) is 0 Å². The van der Waals surface area contributed by atoms with Crippen LogP contribution in [-0.2, 0) is 10.0 Å². The van der Waals surface area contributed by atoms with Gasteiger partial charge in [0.25, 0.3) is 10.0 Å². The van der Waals surface area contributed by atoms with E-state index in [9.17, 15) is 8.42 Å². The van der Waals surface area contributed by atoms with Gasteiger partial charge in [0, 0.05) is 12.2 Å². The van der Waals surface area contributed by atoms with Gasteiger partial charge in [0.15, 0.2) is 0 Å². The van der Waals surface area contributed by atoms with E-state index in [2.05, 4.69) is 0 Å². The molecule has 0 aromatic heterocycles. The molecule has 0 saturated carbocycles. The first kappa shape index (κ1) is 14.9. The second kappa shape index (κ2) is 6.29. The van der Waals surface area contributed by atoms with Crippen molar-refractivity contribution in [3.05, 3.63) is 54.6 Å². The maximum atomic E-state index is 12.7. The summed E-state index contributed by atoms with van der Waals surface area (Å²) in [6.07, 6.45) is 0.114. The van der Waals surface area contributed by atoms with Crippen LogP contribution in [0.5, 0.6) is 0 Å². The summed E-state index contributed by atoms with van der Waals surface area (Å²) in [6, 6.07) is 16.7. The average molecular weight is 301 g/mol. The Morgan fingerprint density at radius 2 is 1.67 bits per heavy atom. The Morgan fingerprint density at radius 3 is 2.24 bits per heavy atom. The minimum absolute atomic E-state index is 0.104. The smallest absolute Gasteiger partial charge is 0.264 e. The number of nitrogens with zero attached hydrogens (tertiary/aromatic N) is 2. The van der Waals surface area contributed by atoms with Crippen molar-refractivity contribution in [3.8, 4) is 6.07 Å². The van der Waals surface area contributed by atoms with Gasteiger partial charge < -0.3 is 5.73 Å².